The molecule has 0 saturated heterocycles. The standard InChI is InChI=1S/C16H14N2O2/c1-11-5-3-8-15-17-16(14(10-19)18(11)15)12-6-4-7-13(9-12)20-2/h3-10H,1-2H3. The first-order chi connectivity index (χ1) is 9.74. The molecule has 100 valence electrons. The number of imidazole rings is 1. The predicted molar refractivity (Wildman–Crippen MR) is 77.3 cm³/mol. The summed E-state index contributed by atoms with van der Waals surface area (Å²) >= 11 is 0. The highest BCUT2D eigenvalue weighted by atomic mass is 16.5. The van der Waals surface area contributed by atoms with E-state index >= 15 is 0 Å². The van der Waals surface area contributed by atoms with E-state index in [1.807, 2.05) is 53.8 Å². The first-order valence-corrected chi connectivity index (χ1v) is 6.32. The molecule has 0 atom stereocenters. The highest BCUT2D eigenvalue weighted by molar-refractivity contribution is 5.86. The molecule has 0 N–H and O–H groups in total. The molecular formula is C16H14N2O2. The van der Waals surface area contributed by atoms with Gasteiger partial charge in [0.15, 0.2) is 6.29 Å². The van der Waals surface area contributed by atoms with Crippen molar-refractivity contribution in [1.82, 2.24) is 9.38 Å². The molecule has 0 saturated carbocycles. The molecule has 4 heteroatoms. The van der Waals surface area contributed by atoms with Crippen LogP contribution in [0, 0.1) is 6.92 Å². The molecule has 0 fully saturated rings. The van der Waals surface area contributed by atoms with E-state index in [2.05, 4.69) is 4.98 Å². The van der Waals surface area contributed by atoms with Crippen LogP contribution >= 0.6 is 0 Å². The Labute approximate surface area is 116 Å². The fourth-order valence-electron chi connectivity index (χ4n) is 2.37. The fraction of sp³-hybridized carbons (Fsp3) is 0.125. The highest BCUT2D eigenvalue weighted by Gasteiger charge is 2.14. The van der Waals surface area contributed by atoms with E-state index in [0.717, 1.165) is 28.9 Å². The van der Waals surface area contributed by atoms with Gasteiger partial charge in [0.1, 0.15) is 22.8 Å². The number of benzene rings is 1. The van der Waals surface area contributed by atoms with Crippen molar-refractivity contribution in [2.24, 2.45) is 0 Å². The van der Waals surface area contributed by atoms with Crippen molar-refractivity contribution < 1.29 is 9.53 Å². The molecule has 0 amide bonds. The minimum atomic E-state index is 0.561. The molecular weight excluding hydrogens is 252 g/mol. The summed E-state index contributed by atoms with van der Waals surface area (Å²) in [6.45, 7) is 1.96. The van der Waals surface area contributed by atoms with Crippen LogP contribution in [0.3, 0.4) is 0 Å². The van der Waals surface area contributed by atoms with Gasteiger partial charge in [-0.25, -0.2) is 4.98 Å². The van der Waals surface area contributed by atoms with Crippen molar-refractivity contribution >= 4 is 11.9 Å². The summed E-state index contributed by atoms with van der Waals surface area (Å²) in [7, 11) is 1.62. The van der Waals surface area contributed by atoms with Crippen molar-refractivity contribution in [3.8, 4) is 17.0 Å². The zero-order valence-corrected chi connectivity index (χ0v) is 11.3. The zero-order valence-electron chi connectivity index (χ0n) is 11.3. The number of carbonyl (C=O) groups excluding carboxylic acids is 1. The van der Waals surface area contributed by atoms with Gasteiger partial charge in [0.2, 0.25) is 0 Å². The number of ether oxygens (including phenoxy) is 1. The molecule has 3 rings (SSSR count). The summed E-state index contributed by atoms with van der Waals surface area (Å²) < 4.78 is 7.09. The quantitative estimate of drug-likeness (QED) is 0.684. The van der Waals surface area contributed by atoms with Gasteiger partial charge in [0, 0.05) is 11.3 Å². The number of pyridine rings is 1. The van der Waals surface area contributed by atoms with E-state index in [-0.39, 0.29) is 0 Å². The average molecular weight is 266 g/mol. The Morgan fingerprint density at radius 2 is 2.00 bits per heavy atom. The van der Waals surface area contributed by atoms with Gasteiger partial charge < -0.3 is 4.74 Å². The van der Waals surface area contributed by atoms with Gasteiger partial charge in [0.25, 0.3) is 0 Å². The topological polar surface area (TPSA) is 43.6 Å². The second kappa shape index (κ2) is 4.81. The lowest BCUT2D eigenvalue weighted by molar-refractivity contribution is 0.111. The predicted octanol–water partition coefficient (Wildman–Crippen LogP) is 3.13. The van der Waals surface area contributed by atoms with Gasteiger partial charge in [-0.3, -0.25) is 9.20 Å². The molecule has 1 aromatic carbocycles. The number of hydrogen-bond donors (Lipinski definition) is 0. The van der Waals surface area contributed by atoms with Crippen molar-refractivity contribution in [1.29, 1.82) is 0 Å². The summed E-state index contributed by atoms with van der Waals surface area (Å²) in [6.07, 6.45) is 0.849. The Morgan fingerprint density at radius 3 is 2.75 bits per heavy atom. The minimum absolute atomic E-state index is 0.561. The molecule has 0 bridgehead atoms. The van der Waals surface area contributed by atoms with E-state index in [1.54, 1.807) is 7.11 Å². The summed E-state index contributed by atoms with van der Waals surface area (Å²) in [6, 6.07) is 13.3. The third kappa shape index (κ3) is 1.86. The summed E-state index contributed by atoms with van der Waals surface area (Å²) in [4.78, 5) is 16.1. The van der Waals surface area contributed by atoms with E-state index in [4.69, 9.17) is 4.74 Å². The third-order valence-corrected chi connectivity index (χ3v) is 3.33. The molecule has 2 aromatic heterocycles. The number of hydrogen-bond acceptors (Lipinski definition) is 3. The van der Waals surface area contributed by atoms with Crippen molar-refractivity contribution in [3.05, 3.63) is 53.9 Å². The Balaban J connectivity index is 2.30. The molecule has 20 heavy (non-hydrogen) atoms. The molecule has 0 unspecified atom stereocenters. The number of methoxy groups -OCH3 is 1. The molecule has 3 aromatic rings. The van der Waals surface area contributed by atoms with E-state index < -0.39 is 0 Å². The first-order valence-electron chi connectivity index (χ1n) is 6.32. The van der Waals surface area contributed by atoms with Gasteiger partial charge in [-0.05, 0) is 31.2 Å². The van der Waals surface area contributed by atoms with Crippen LogP contribution in [0.2, 0.25) is 0 Å². The van der Waals surface area contributed by atoms with Crippen LogP contribution in [0.4, 0.5) is 0 Å². The smallest absolute Gasteiger partial charge is 0.169 e. The third-order valence-electron chi connectivity index (χ3n) is 3.33. The van der Waals surface area contributed by atoms with Gasteiger partial charge in [0.05, 0.1) is 7.11 Å². The normalized spacial score (nSPS) is 10.7. The largest absolute Gasteiger partial charge is 0.497 e. The van der Waals surface area contributed by atoms with Crippen LogP contribution in [-0.4, -0.2) is 22.8 Å². The molecule has 0 aliphatic heterocycles. The molecule has 0 spiro atoms. The van der Waals surface area contributed by atoms with Crippen LogP contribution in [0.5, 0.6) is 5.75 Å². The zero-order chi connectivity index (χ0) is 14.1. The minimum Gasteiger partial charge on any atom is -0.497 e. The maximum atomic E-state index is 11.5. The number of aldehydes is 1. The Morgan fingerprint density at radius 1 is 1.20 bits per heavy atom. The van der Waals surface area contributed by atoms with Crippen molar-refractivity contribution in [2.45, 2.75) is 6.92 Å². The summed E-state index contributed by atoms with van der Waals surface area (Å²) in [5.41, 5.74) is 3.85. The van der Waals surface area contributed by atoms with Crippen LogP contribution < -0.4 is 4.74 Å². The van der Waals surface area contributed by atoms with Crippen molar-refractivity contribution in [2.75, 3.05) is 7.11 Å². The number of aromatic nitrogens is 2. The van der Waals surface area contributed by atoms with E-state index in [9.17, 15) is 4.79 Å². The first kappa shape index (κ1) is 12.4. The second-order valence-corrected chi connectivity index (χ2v) is 4.56. The SMILES string of the molecule is COc1cccc(-c2nc3cccc(C)n3c2C=O)c1. The molecule has 0 aliphatic carbocycles. The number of nitrogens with zero attached hydrogens (tertiary/aromatic N) is 2. The van der Waals surface area contributed by atoms with Crippen LogP contribution in [0.15, 0.2) is 42.5 Å². The number of fused-ring (bicyclic) bond motifs is 1. The summed E-state index contributed by atoms with van der Waals surface area (Å²) in [5.74, 6) is 0.744. The number of rotatable bonds is 3. The lowest BCUT2D eigenvalue weighted by Gasteiger charge is -2.03. The molecule has 4 nitrogen and oxygen atoms in total. The second-order valence-electron chi connectivity index (χ2n) is 4.56. The number of carbonyl (C=O) groups is 1. The number of aryl methyl sites for hydroxylation is 1. The van der Waals surface area contributed by atoms with Gasteiger partial charge >= 0.3 is 0 Å². The maximum Gasteiger partial charge on any atom is 0.169 e. The average Bonchev–Trinajstić information content (AvgIpc) is 2.87. The van der Waals surface area contributed by atoms with Crippen LogP contribution in [-0.2, 0) is 0 Å². The van der Waals surface area contributed by atoms with E-state index in [0.29, 0.717) is 11.4 Å². The molecule has 2 heterocycles. The Kier molecular flexibility index (Phi) is 2.99. The van der Waals surface area contributed by atoms with Crippen molar-refractivity contribution in [3.63, 3.8) is 0 Å². The van der Waals surface area contributed by atoms with Crippen LogP contribution in [0.25, 0.3) is 16.9 Å². The van der Waals surface area contributed by atoms with Crippen LogP contribution in [0.1, 0.15) is 16.2 Å². The lowest BCUT2D eigenvalue weighted by Crippen LogP contribution is -1.96. The Hall–Kier alpha value is -2.62. The van der Waals surface area contributed by atoms with Gasteiger partial charge in [-0.15, -0.1) is 0 Å². The highest BCUT2D eigenvalue weighted by Crippen LogP contribution is 2.27. The molecule has 0 radical (unpaired) electrons. The molecule has 0 aliphatic rings. The summed E-state index contributed by atoms with van der Waals surface area (Å²) in [5, 5.41) is 0. The lowest BCUT2D eigenvalue weighted by atomic mass is 10.1. The Bertz CT molecular complexity index is 790. The van der Waals surface area contributed by atoms with Gasteiger partial charge in [-0.2, -0.15) is 0 Å². The van der Waals surface area contributed by atoms with Gasteiger partial charge in [-0.1, -0.05) is 18.2 Å². The fourth-order valence-corrected chi connectivity index (χ4v) is 2.37. The monoisotopic (exact) mass is 266 g/mol. The van der Waals surface area contributed by atoms with E-state index in [1.165, 1.54) is 0 Å². The maximum absolute atomic E-state index is 11.5.